The van der Waals surface area contributed by atoms with Crippen molar-refractivity contribution in [1.29, 1.82) is 0 Å². The van der Waals surface area contributed by atoms with Crippen LogP contribution in [0.25, 0.3) is 16.8 Å². The van der Waals surface area contributed by atoms with Crippen LogP contribution >= 0.6 is 11.3 Å². The lowest BCUT2D eigenvalue weighted by molar-refractivity contribution is -0.0106. The normalized spacial score (nSPS) is 16.8. The number of benzene rings is 1. The van der Waals surface area contributed by atoms with Gasteiger partial charge in [0.2, 0.25) is 0 Å². The Morgan fingerprint density at radius 3 is 2.41 bits per heavy atom. The van der Waals surface area contributed by atoms with Gasteiger partial charge in [-0.1, -0.05) is 27.4 Å². The average molecular weight is 415 g/mol. The van der Waals surface area contributed by atoms with Gasteiger partial charge in [-0.3, -0.25) is 4.90 Å². The van der Waals surface area contributed by atoms with E-state index in [0.717, 1.165) is 59.2 Å². The molecule has 0 N–H and O–H groups in total. The highest BCUT2D eigenvalue weighted by atomic mass is 32.1. The first kappa shape index (κ1) is 22.0. The number of thiazole rings is 1. The Hall–Kier alpha value is -1.69. The molecule has 1 fully saturated rings. The summed E-state index contributed by atoms with van der Waals surface area (Å²) < 4.78 is 11.5. The van der Waals surface area contributed by atoms with Crippen molar-refractivity contribution in [2.45, 2.75) is 51.5 Å². The summed E-state index contributed by atoms with van der Waals surface area (Å²) in [7, 11) is 6.02. The van der Waals surface area contributed by atoms with Crippen LogP contribution in [0.1, 0.15) is 56.7 Å². The monoisotopic (exact) mass is 414 g/mol. The van der Waals surface area contributed by atoms with Crippen LogP contribution in [0.15, 0.2) is 24.1 Å². The van der Waals surface area contributed by atoms with Crippen LogP contribution in [0.2, 0.25) is 0 Å². The molecule has 1 aliphatic heterocycles. The molecule has 5 heteroatoms. The lowest BCUT2D eigenvalue weighted by Crippen LogP contribution is -2.45. The quantitative estimate of drug-likeness (QED) is 0.627. The highest BCUT2D eigenvalue weighted by Gasteiger charge is 2.39. The molecule has 0 radical (unpaired) electrons. The van der Waals surface area contributed by atoms with E-state index in [9.17, 15) is 0 Å². The summed E-state index contributed by atoms with van der Waals surface area (Å²) in [5.41, 5.74) is 5.29. The molecule has 0 aliphatic carbocycles. The van der Waals surface area contributed by atoms with Crippen molar-refractivity contribution in [1.82, 2.24) is 9.88 Å². The van der Waals surface area contributed by atoms with Gasteiger partial charge in [-0.05, 0) is 62.5 Å². The minimum atomic E-state index is -0.0623. The summed E-state index contributed by atoms with van der Waals surface area (Å²) in [6.07, 6.45) is 1.92. The van der Waals surface area contributed by atoms with Gasteiger partial charge >= 0.3 is 0 Å². The zero-order chi connectivity index (χ0) is 21.4. The summed E-state index contributed by atoms with van der Waals surface area (Å²) in [5, 5.41) is 3.32. The Balaban J connectivity index is 2.16. The third-order valence-electron chi connectivity index (χ3n) is 5.97. The molecular formula is C24H34N2O2S. The van der Waals surface area contributed by atoms with E-state index in [0.29, 0.717) is 0 Å². The van der Waals surface area contributed by atoms with Crippen molar-refractivity contribution >= 4 is 16.9 Å². The number of hydrogen-bond donors (Lipinski definition) is 0. The van der Waals surface area contributed by atoms with Crippen LogP contribution in [0.3, 0.4) is 0 Å². The highest BCUT2D eigenvalue weighted by Crippen LogP contribution is 2.43. The van der Waals surface area contributed by atoms with Gasteiger partial charge in [0.1, 0.15) is 10.8 Å². The molecule has 1 aromatic heterocycles. The summed E-state index contributed by atoms with van der Waals surface area (Å²) in [6.45, 7) is 14.5. The maximum absolute atomic E-state index is 5.86. The molecule has 1 saturated heterocycles. The van der Waals surface area contributed by atoms with E-state index in [1.807, 2.05) is 6.92 Å². The zero-order valence-corrected chi connectivity index (χ0v) is 19.7. The molecule has 0 bridgehead atoms. The van der Waals surface area contributed by atoms with Crippen molar-refractivity contribution in [3.05, 3.63) is 40.2 Å². The SMILES string of the molecule is C=C(C)c1cc(C(C)(C)C)cc(-c2csc(C3(N(C)C)CCOCC3)n2)c1OC. The van der Waals surface area contributed by atoms with Crippen molar-refractivity contribution < 1.29 is 9.47 Å². The summed E-state index contributed by atoms with van der Waals surface area (Å²) >= 11 is 1.74. The van der Waals surface area contributed by atoms with Crippen molar-refractivity contribution in [2.24, 2.45) is 0 Å². The molecule has 0 amide bonds. The van der Waals surface area contributed by atoms with Crippen LogP contribution in [0.5, 0.6) is 5.75 Å². The number of allylic oxidation sites excluding steroid dienone is 1. The Labute approximate surface area is 179 Å². The molecule has 1 aromatic carbocycles. The number of methoxy groups -OCH3 is 1. The number of nitrogens with zero attached hydrogens (tertiary/aromatic N) is 2. The van der Waals surface area contributed by atoms with E-state index < -0.39 is 0 Å². The molecule has 0 unspecified atom stereocenters. The fourth-order valence-corrected chi connectivity index (χ4v) is 5.12. The minimum absolute atomic E-state index is 0.0235. The largest absolute Gasteiger partial charge is 0.495 e. The molecule has 158 valence electrons. The second kappa shape index (κ2) is 8.21. The van der Waals surface area contributed by atoms with Crippen molar-refractivity contribution in [3.8, 4) is 17.0 Å². The van der Waals surface area contributed by atoms with Gasteiger partial charge in [0.25, 0.3) is 0 Å². The number of aromatic nitrogens is 1. The zero-order valence-electron chi connectivity index (χ0n) is 18.9. The smallest absolute Gasteiger partial charge is 0.135 e. The maximum atomic E-state index is 5.86. The van der Waals surface area contributed by atoms with Gasteiger partial charge < -0.3 is 9.47 Å². The standard InChI is InChI=1S/C24H34N2O2S/c1-16(2)18-13-17(23(3,4)5)14-19(21(18)27-8)20-15-29-22(25-20)24(26(6)7)9-11-28-12-10-24/h13-15H,1,9-12H2,2-8H3. The predicted octanol–water partition coefficient (Wildman–Crippen LogP) is 5.72. The van der Waals surface area contributed by atoms with Crippen LogP contribution in [-0.4, -0.2) is 44.3 Å². The van der Waals surface area contributed by atoms with E-state index in [2.05, 4.69) is 63.9 Å². The molecule has 3 rings (SSSR count). The lowest BCUT2D eigenvalue weighted by atomic mass is 9.83. The molecule has 4 nitrogen and oxygen atoms in total. The van der Waals surface area contributed by atoms with Crippen molar-refractivity contribution in [3.63, 3.8) is 0 Å². The number of ether oxygens (including phenoxy) is 2. The van der Waals surface area contributed by atoms with Crippen molar-refractivity contribution in [2.75, 3.05) is 34.4 Å². The topological polar surface area (TPSA) is 34.6 Å². The molecular weight excluding hydrogens is 380 g/mol. The van der Waals surface area contributed by atoms with E-state index in [4.69, 9.17) is 14.5 Å². The van der Waals surface area contributed by atoms with Crippen LogP contribution in [0.4, 0.5) is 0 Å². The third-order valence-corrected chi connectivity index (χ3v) is 7.01. The summed E-state index contributed by atoms with van der Waals surface area (Å²) in [4.78, 5) is 7.45. The van der Waals surface area contributed by atoms with Crippen LogP contribution in [0, 0.1) is 0 Å². The highest BCUT2D eigenvalue weighted by molar-refractivity contribution is 7.10. The van der Waals surface area contributed by atoms with Gasteiger partial charge in [-0.2, -0.15) is 0 Å². The fraction of sp³-hybridized carbons (Fsp3) is 0.542. The van der Waals surface area contributed by atoms with E-state index >= 15 is 0 Å². The van der Waals surface area contributed by atoms with E-state index in [1.165, 1.54) is 5.56 Å². The fourth-order valence-electron chi connectivity index (χ4n) is 3.96. The minimum Gasteiger partial charge on any atom is -0.495 e. The summed E-state index contributed by atoms with van der Waals surface area (Å²) in [5.74, 6) is 0.855. The first-order valence-electron chi connectivity index (χ1n) is 10.2. The Morgan fingerprint density at radius 1 is 1.24 bits per heavy atom. The van der Waals surface area contributed by atoms with Gasteiger partial charge in [0.05, 0.1) is 18.3 Å². The maximum Gasteiger partial charge on any atom is 0.135 e. The molecule has 0 saturated carbocycles. The first-order chi connectivity index (χ1) is 13.6. The Morgan fingerprint density at radius 2 is 1.90 bits per heavy atom. The lowest BCUT2D eigenvalue weighted by Gasteiger charge is -2.41. The first-order valence-corrected chi connectivity index (χ1v) is 11.1. The van der Waals surface area contributed by atoms with E-state index in [-0.39, 0.29) is 11.0 Å². The van der Waals surface area contributed by atoms with Gasteiger partial charge in [0.15, 0.2) is 0 Å². The Kier molecular flexibility index (Phi) is 6.23. The molecule has 2 aromatic rings. The molecule has 2 heterocycles. The number of rotatable bonds is 5. The average Bonchev–Trinajstić information content (AvgIpc) is 3.17. The second-order valence-electron chi connectivity index (χ2n) is 9.21. The van der Waals surface area contributed by atoms with Gasteiger partial charge in [0, 0.05) is 29.7 Å². The Bertz CT molecular complexity index is 887. The summed E-state index contributed by atoms with van der Waals surface area (Å²) in [6, 6.07) is 4.44. The van der Waals surface area contributed by atoms with Gasteiger partial charge in [-0.25, -0.2) is 4.98 Å². The van der Waals surface area contributed by atoms with E-state index in [1.54, 1.807) is 18.4 Å². The van der Waals surface area contributed by atoms with Crippen LogP contribution < -0.4 is 4.74 Å². The van der Waals surface area contributed by atoms with Crippen LogP contribution in [-0.2, 0) is 15.7 Å². The molecule has 1 aliphatic rings. The molecule has 0 spiro atoms. The van der Waals surface area contributed by atoms with Gasteiger partial charge in [-0.15, -0.1) is 11.3 Å². The number of hydrogen-bond acceptors (Lipinski definition) is 5. The molecule has 29 heavy (non-hydrogen) atoms. The molecule has 0 atom stereocenters. The third kappa shape index (κ3) is 4.14. The second-order valence-corrected chi connectivity index (χ2v) is 10.1. The predicted molar refractivity (Wildman–Crippen MR) is 123 cm³/mol.